The van der Waals surface area contributed by atoms with Gasteiger partial charge >= 0.3 is 5.97 Å². The van der Waals surface area contributed by atoms with Crippen molar-refractivity contribution in [2.45, 2.75) is 26.2 Å². The van der Waals surface area contributed by atoms with Gasteiger partial charge in [-0.3, -0.25) is 0 Å². The SMILES string of the molecule is C=CCOc1cc(/C=C2\N=C(c3ccc(C(C)(C)C)cc3)OC2=O)ccc1OC. The van der Waals surface area contributed by atoms with Gasteiger partial charge in [-0.15, -0.1) is 0 Å². The normalized spacial score (nSPS) is 15.1. The summed E-state index contributed by atoms with van der Waals surface area (Å²) >= 11 is 0. The Morgan fingerprint density at radius 3 is 2.45 bits per heavy atom. The molecule has 29 heavy (non-hydrogen) atoms. The van der Waals surface area contributed by atoms with Gasteiger partial charge in [0.25, 0.3) is 0 Å². The summed E-state index contributed by atoms with van der Waals surface area (Å²) in [5.74, 6) is 0.990. The highest BCUT2D eigenvalue weighted by atomic mass is 16.6. The highest BCUT2D eigenvalue weighted by Gasteiger charge is 2.24. The maximum atomic E-state index is 12.3. The third-order valence-electron chi connectivity index (χ3n) is 4.47. The average molecular weight is 391 g/mol. The number of esters is 1. The first kappa shape index (κ1) is 20.4. The van der Waals surface area contributed by atoms with E-state index < -0.39 is 5.97 Å². The van der Waals surface area contributed by atoms with Crippen molar-refractivity contribution in [2.75, 3.05) is 13.7 Å². The Morgan fingerprint density at radius 1 is 1.10 bits per heavy atom. The maximum Gasteiger partial charge on any atom is 0.363 e. The first-order chi connectivity index (χ1) is 13.8. The molecule has 0 spiro atoms. The molecule has 0 aliphatic carbocycles. The Balaban J connectivity index is 1.87. The summed E-state index contributed by atoms with van der Waals surface area (Å²) in [7, 11) is 1.57. The van der Waals surface area contributed by atoms with Crippen molar-refractivity contribution in [1.82, 2.24) is 0 Å². The smallest absolute Gasteiger partial charge is 0.363 e. The van der Waals surface area contributed by atoms with Crippen LogP contribution in [0.15, 0.2) is 65.8 Å². The van der Waals surface area contributed by atoms with Crippen molar-refractivity contribution in [2.24, 2.45) is 4.99 Å². The molecule has 0 bridgehead atoms. The number of cyclic esters (lactones) is 1. The molecular weight excluding hydrogens is 366 g/mol. The fourth-order valence-corrected chi connectivity index (χ4v) is 2.85. The molecule has 1 heterocycles. The van der Waals surface area contributed by atoms with Gasteiger partial charge in [-0.2, -0.15) is 0 Å². The molecule has 5 nitrogen and oxygen atoms in total. The van der Waals surface area contributed by atoms with Crippen LogP contribution in [0.25, 0.3) is 6.08 Å². The van der Waals surface area contributed by atoms with Crippen LogP contribution in [-0.2, 0) is 14.9 Å². The highest BCUT2D eigenvalue weighted by Crippen LogP contribution is 2.30. The largest absolute Gasteiger partial charge is 0.493 e. The summed E-state index contributed by atoms with van der Waals surface area (Å²) in [6.07, 6.45) is 3.32. The number of carbonyl (C=O) groups is 1. The minimum Gasteiger partial charge on any atom is -0.493 e. The van der Waals surface area contributed by atoms with Crippen LogP contribution in [0, 0.1) is 0 Å². The van der Waals surface area contributed by atoms with E-state index in [0.717, 1.165) is 11.1 Å². The van der Waals surface area contributed by atoms with E-state index in [-0.39, 0.29) is 11.1 Å². The lowest BCUT2D eigenvalue weighted by Crippen LogP contribution is -2.11. The molecule has 0 radical (unpaired) electrons. The molecule has 0 N–H and O–H groups in total. The van der Waals surface area contributed by atoms with Gasteiger partial charge in [-0.25, -0.2) is 9.79 Å². The van der Waals surface area contributed by atoms with Gasteiger partial charge in [0.1, 0.15) is 6.61 Å². The van der Waals surface area contributed by atoms with Crippen LogP contribution in [0.5, 0.6) is 11.5 Å². The molecule has 0 fully saturated rings. The lowest BCUT2D eigenvalue weighted by molar-refractivity contribution is -0.129. The molecule has 150 valence electrons. The molecular formula is C24H25NO4. The number of nitrogens with zero attached hydrogens (tertiary/aromatic N) is 1. The average Bonchev–Trinajstić information content (AvgIpc) is 3.06. The number of hydrogen-bond donors (Lipinski definition) is 0. The Labute approximate surface area is 171 Å². The van der Waals surface area contributed by atoms with Crippen molar-refractivity contribution in [3.05, 3.63) is 77.5 Å². The number of benzene rings is 2. The molecule has 2 aromatic rings. The number of ether oxygens (including phenoxy) is 3. The molecule has 0 saturated carbocycles. The number of methoxy groups -OCH3 is 1. The maximum absolute atomic E-state index is 12.3. The Kier molecular flexibility index (Phi) is 5.87. The lowest BCUT2D eigenvalue weighted by atomic mass is 9.87. The molecule has 5 heteroatoms. The van der Waals surface area contributed by atoms with E-state index in [2.05, 4.69) is 32.3 Å². The summed E-state index contributed by atoms with van der Waals surface area (Å²) in [5.41, 5.74) is 3.01. The van der Waals surface area contributed by atoms with Crippen LogP contribution in [0.4, 0.5) is 0 Å². The van der Waals surface area contributed by atoms with Crippen molar-refractivity contribution in [1.29, 1.82) is 0 Å². The monoisotopic (exact) mass is 391 g/mol. The van der Waals surface area contributed by atoms with Gasteiger partial charge in [0.05, 0.1) is 7.11 Å². The summed E-state index contributed by atoms with van der Waals surface area (Å²) in [5, 5.41) is 0. The summed E-state index contributed by atoms with van der Waals surface area (Å²) < 4.78 is 16.3. The van der Waals surface area contributed by atoms with Crippen LogP contribution >= 0.6 is 0 Å². The second kappa shape index (κ2) is 8.35. The van der Waals surface area contributed by atoms with E-state index >= 15 is 0 Å². The predicted molar refractivity (Wildman–Crippen MR) is 114 cm³/mol. The van der Waals surface area contributed by atoms with E-state index in [4.69, 9.17) is 14.2 Å². The van der Waals surface area contributed by atoms with Crippen LogP contribution in [0.1, 0.15) is 37.5 Å². The zero-order valence-electron chi connectivity index (χ0n) is 17.2. The number of hydrogen-bond acceptors (Lipinski definition) is 5. The minimum absolute atomic E-state index is 0.0531. The van der Waals surface area contributed by atoms with E-state index in [1.807, 2.05) is 30.3 Å². The molecule has 0 aromatic heterocycles. The molecule has 0 unspecified atom stereocenters. The molecule has 0 amide bonds. The van der Waals surface area contributed by atoms with Crippen molar-refractivity contribution in [3.8, 4) is 11.5 Å². The van der Waals surface area contributed by atoms with Gasteiger partial charge in [-0.1, -0.05) is 51.6 Å². The molecule has 2 aromatic carbocycles. The summed E-state index contributed by atoms with van der Waals surface area (Å²) in [4.78, 5) is 16.7. The highest BCUT2D eigenvalue weighted by molar-refractivity contribution is 6.12. The fourth-order valence-electron chi connectivity index (χ4n) is 2.85. The van der Waals surface area contributed by atoms with E-state index in [9.17, 15) is 4.79 Å². The van der Waals surface area contributed by atoms with Gasteiger partial charge in [0.2, 0.25) is 5.90 Å². The van der Waals surface area contributed by atoms with Gasteiger partial charge in [0.15, 0.2) is 17.2 Å². The zero-order chi connectivity index (χ0) is 21.0. The predicted octanol–water partition coefficient (Wildman–Crippen LogP) is 4.90. The van der Waals surface area contributed by atoms with E-state index in [1.54, 1.807) is 31.4 Å². The topological polar surface area (TPSA) is 57.1 Å². The van der Waals surface area contributed by atoms with Gasteiger partial charge in [0, 0.05) is 5.56 Å². The van der Waals surface area contributed by atoms with Crippen LogP contribution < -0.4 is 9.47 Å². The third-order valence-corrected chi connectivity index (χ3v) is 4.47. The Morgan fingerprint density at radius 2 is 1.83 bits per heavy atom. The van der Waals surface area contributed by atoms with E-state index in [0.29, 0.717) is 24.0 Å². The lowest BCUT2D eigenvalue weighted by Gasteiger charge is -2.18. The second-order valence-electron chi connectivity index (χ2n) is 7.67. The van der Waals surface area contributed by atoms with E-state index in [1.165, 1.54) is 5.56 Å². The van der Waals surface area contributed by atoms with Gasteiger partial charge < -0.3 is 14.2 Å². The third kappa shape index (κ3) is 4.74. The minimum atomic E-state index is -0.482. The Bertz CT molecular complexity index is 979. The number of rotatable bonds is 6. The number of carbonyl (C=O) groups excluding carboxylic acids is 1. The van der Waals surface area contributed by atoms with Crippen LogP contribution in [0.2, 0.25) is 0 Å². The summed E-state index contributed by atoms with van der Waals surface area (Å²) in [6.45, 7) is 10.5. The van der Waals surface area contributed by atoms with Crippen molar-refractivity contribution >= 4 is 17.9 Å². The Hall–Kier alpha value is -3.34. The van der Waals surface area contributed by atoms with Crippen LogP contribution in [0.3, 0.4) is 0 Å². The van der Waals surface area contributed by atoms with Crippen LogP contribution in [-0.4, -0.2) is 25.6 Å². The molecule has 1 aliphatic heterocycles. The zero-order valence-corrected chi connectivity index (χ0v) is 17.2. The number of aliphatic imine (C=N–C) groups is 1. The van der Waals surface area contributed by atoms with Crippen molar-refractivity contribution < 1.29 is 19.0 Å². The molecule has 1 aliphatic rings. The van der Waals surface area contributed by atoms with Gasteiger partial charge in [-0.05, 0) is 46.9 Å². The first-order valence-corrected chi connectivity index (χ1v) is 9.37. The van der Waals surface area contributed by atoms with Crippen molar-refractivity contribution in [3.63, 3.8) is 0 Å². The molecule has 0 atom stereocenters. The molecule has 3 rings (SSSR count). The standard InChI is InChI=1S/C24H25NO4/c1-6-13-28-21-15-16(7-12-20(21)27-5)14-19-23(26)29-22(25-19)17-8-10-18(11-9-17)24(2,3)4/h6-12,14-15H,1,13H2,2-5H3/b19-14-. The quantitative estimate of drug-likeness (QED) is 0.399. The second-order valence-corrected chi connectivity index (χ2v) is 7.67. The fraction of sp³-hybridized carbons (Fsp3) is 0.250. The first-order valence-electron chi connectivity index (χ1n) is 9.37. The summed E-state index contributed by atoms with van der Waals surface area (Å²) in [6, 6.07) is 13.3. The molecule has 0 saturated heterocycles.